The summed E-state index contributed by atoms with van der Waals surface area (Å²) in [6.07, 6.45) is 10.1. The molecule has 13 rings (SSSR count). The third-order valence-corrected chi connectivity index (χ3v) is 24.2. The second-order valence-electron chi connectivity index (χ2n) is 31.5. The van der Waals surface area contributed by atoms with Crippen LogP contribution in [0.3, 0.4) is 0 Å². The molecule has 120 heavy (non-hydrogen) atoms. The normalized spacial score (nSPS) is 13.4. The number of nitrogens with two attached hydrogens (primary N) is 1. The van der Waals surface area contributed by atoms with E-state index in [2.05, 4.69) is 15.0 Å². The number of fused-ring (bicyclic) bond motifs is 3. The summed E-state index contributed by atoms with van der Waals surface area (Å²) < 4.78 is 126. The van der Waals surface area contributed by atoms with Gasteiger partial charge in [-0.3, -0.25) is 37.8 Å². The molecule has 6 aromatic heterocycles. The van der Waals surface area contributed by atoms with Gasteiger partial charge in [-0.25, -0.2) is 13.2 Å². The van der Waals surface area contributed by atoms with Crippen molar-refractivity contribution in [2.24, 2.45) is 5.73 Å². The summed E-state index contributed by atoms with van der Waals surface area (Å²) in [6, 6.07) is 38.6. The quantitative estimate of drug-likeness (QED) is 0.0357. The lowest BCUT2D eigenvalue weighted by Gasteiger charge is -2.32. The first-order valence-electron chi connectivity index (χ1n) is 39.1. The van der Waals surface area contributed by atoms with Gasteiger partial charge in [-0.2, -0.15) is 0 Å². The van der Waals surface area contributed by atoms with Gasteiger partial charge in [0.25, 0.3) is 0 Å². The van der Waals surface area contributed by atoms with Gasteiger partial charge < -0.3 is 57.1 Å². The molecule has 1 aliphatic heterocycles. The first-order valence-corrected chi connectivity index (χ1v) is 42.1. The minimum absolute atomic E-state index is 0. The Balaban J connectivity index is 0.000000188. The molecule has 0 aliphatic carbocycles. The number of carboxylic acid groups (broad SMARTS) is 1. The minimum atomic E-state index is -1.12. The van der Waals surface area contributed by atoms with E-state index in [0.29, 0.717) is 94.0 Å². The van der Waals surface area contributed by atoms with Crippen LogP contribution in [-0.2, 0) is 113 Å². The maximum atomic E-state index is 15.7. The van der Waals surface area contributed by atoms with Gasteiger partial charge >= 0.3 is 25.0 Å². The number of nitrogens with zero attached hydrogens (tertiary/aromatic N) is 3. The number of hydrogen-bond acceptors (Lipinski definition) is 19. The fourth-order valence-corrected chi connectivity index (χ4v) is 15.3. The maximum absolute atomic E-state index is 15.7. The Morgan fingerprint density at radius 3 is 1.27 bits per heavy atom. The fourth-order valence-electron chi connectivity index (χ4n) is 13.1. The van der Waals surface area contributed by atoms with E-state index in [-0.39, 0.29) is 96.4 Å². The Hall–Kier alpha value is -10.5. The molecule has 0 amide bonds. The highest BCUT2D eigenvalue weighted by atomic mass is 35.5. The number of rotatable bonds is 27. The summed E-state index contributed by atoms with van der Waals surface area (Å²) in [5, 5.41) is 11.8. The van der Waals surface area contributed by atoms with Gasteiger partial charge in [0.15, 0.2) is 17.5 Å². The Kier molecular flexibility index (Phi) is 32.1. The van der Waals surface area contributed by atoms with E-state index in [9.17, 15) is 36.7 Å². The number of carbonyl (C=O) groups excluding carboxylic acids is 2. The van der Waals surface area contributed by atoms with E-state index >= 15 is 4.39 Å². The zero-order valence-corrected chi connectivity index (χ0v) is 72.1. The molecule has 1 fully saturated rings. The number of esters is 2. The fraction of sp³-hybridized carbons (Fsp3) is 0.355. The average molecular weight is 1700 g/mol. The number of benzene rings is 6. The number of aliphatic carboxylic acids is 1. The van der Waals surface area contributed by atoms with Crippen LogP contribution in [-0.4, -0.2) is 98.9 Å². The van der Waals surface area contributed by atoms with Gasteiger partial charge in [0.2, 0.25) is 0 Å². The van der Waals surface area contributed by atoms with Crippen LogP contribution in [0.15, 0.2) is 178 Å². The van der Waals surface area contributed by atoms with Crippen molar-refractivity contribution < 1.29 is 87.3 Å². The number of aryl methyl sites for hydroxylation is 5. The van der Waals surface area contributed by atoms with Crippen molar-refractivity contribution in [2.45, 2.75) is 190 Å². The van der Waals surface area contributed by atoms with Crippen molar-refractivity contribution in [3.05, 3.63) is 254 Å². The van der Waals surface area contributed by atoms with Crippen LogP contribution in [0.1, 0.15) is 158 Å². The molecule has 636 valence electrons. The van der Waals surface area contributed by atoms with Gasteiger partial charge in [-0.1, -0.05) is 79.7 Å². The number of para-hydroxylation sites is 3. The van der Waals surface area contributed by atoms with Gasteiger partial charge in [-0.05, 0) is 204 Å². The summed E-state index contributed by atoms with van der Waals surface area (Å²) in [5.74, 6) is -0.354. The molecule has 0 spiro atoms. The van der Waals surface area contributed by atoms with Crippen molar-refractivity contribution in [3.8, 4) is 39.5 Å². The monoisotopic (exact) mass is 1700 g/mol. The lowest BCUT2D eigenvalue weighted by Crippen LogP contribution is -2.41. The zero-order chi connectivity index (χ0) is 86.3. The van der Waals surface area contributed by atoms with Gasteiger partial charge in [0.1, 0.15) is 53.8 Å². The Morgan fingerprint density at radius 2 is 0.875 bits per heavy atom. The largest absolute Gasteiger partial charge is 0.498 e. The van der Waals surface area contributed by atoms with Crippen LogP contribution in [0.25, 0.3) is 55.2 Å². The van der Waals surface area contributed by atoms with Gasteiger partial charge in [0, 0.05) is 141 Å². The SMILES string of the molecule is C.CC(C)(C)[S@](=O)CCc1nccc(Cl)c1F.CCOC(=O)Cc1cccc(C)c1OCc1cc(-c2ccnc(CC[S@@](=O)C(C)(C)C)c2F)c2occc2c1.CCOC(=O)Cc1cccc(C)c1OCc1cc(B2OC(C)(C)C(C)(C)O2)c2occc2c1.Cc1cccc(CC(=O)O)c1OCc1cc(-c2ccnc(CN)c2F)c2occc2c1. The number of aromatic nitrogens is 3. The Bertz CT molecular complexity index is 5640. The summed E-state index contributed by atoms with van der Waals surface area (Å²) >= 11 is 5.63. The van der Waals surface area contributed by atoms with E-state index < -0.39 is 63.3 Å². The van der Waals surface area contributed by atoms with E-state index in [1.807, 2.05) is 175 Å². The Morgan fingerprint density at radius 1 is 0.508 bits per heavy atom. The summed E-state index contributed by atoms with van der Waals surface area (Å²) in [7, 11) is -2.66. The van der Waals surface area contributed by atoms with Crippen molar-refractivity contribution in [1.29, 1.82) is 0 Å². The number of ether oxygens (including phenoxy) is 5. The van der Waals surface area contributed by atoms with Crippen molar-refractivity contribution >= 4 is 96.6 Å². The predicted octanol–water partition coefficient (Wildman–Crippen LogP) is 19.6. The number of hydrogen-bond donors (Lipinski definition) is 2. The molecule has 1 saturated heterocycles. The van der Waals surface area contributed by atoms with E-state index in [0.717, 1.165) is 71.7 Å². The third-order valence-electron chi connectivity index (χ3n) is 20.0. The van der Waals surface area contributed by atoms with Crippen LogP contribution < -0.4 is 25.4 Å². The lowest BCUT2D eigenvalue weighted by atomic mass is 9.77. The molecular formula is C93H105BClF3N4O16S2. The third kappa shape index (κ3) is 23.6. The van der Waals surface area contributed by atoms with Crippen LogP contribution >= 0.6 is 11.6 Å². The number of furan rings is 3. The minimum Gasteiger partial charge on any atom is -0.488 e. The average Bonchev–Trinajstić information content (AvgIpc) is 1.49. The Labute approximate surface area is 709 Å². The molecule has 2 atom stereocenters. The predicted molar refractivity (Wildman–Crippen MR) is 466 cm³/mol. The highest BCUT2D eigenvalue weighted by Gasteiger charge is 2.52. The first-order chi connectivity index (χ1) is 56.5. The van der Waals surface area contributed by atoms with Gasteiger partial charge in [0.05, 0.1) is 84.6 Å². The number of pyridine rings is 3. The summed E-state index contributed by atoms with van der Waals surface area (Å²) in [6.45, 7) is 30.2. The second kappa shape index (κ2) is 41.2. The van der Waals surface area contributed by atoms with Crippen molar-refractivity contribution in [3.63, 3.8) is 0 Å². The molecule has 0 saturated carbocycles. The molecule has 3 N–H and O–H groups in total. The molecule has 27 heteroatoms. The summed E-state index contributed by atoms with van der Waals surface area (Å²) in [5.41, 5.74) is 17.4. The molecule has 0 unspecified atom stereocenters. The molecule has 7 heterocycles. The maximum Gasteiger partial charge on any atom is 0.498 e. The smallest absolute Gasteiger partial charge is 0.488 e. The number of halogens is 4. The van der Waals surface area contributed by atoms with E-state index in [1.165, 1.54) is 18.5 Å². The van der Waals surface area contributed by atoms with Crippen LogP contribution in [0.5, 0.6) is 17.2 Å². The molecule has 0 radical (unpaired) electrons. The lowest BCUT2D eigenvalue weighted by molar-refractivity contribution is -0.143. The zero-order valence-electron chi connectivity index (χ0n) is 69.7. The summed E-state index contributed by atoms with van der Waals surface area (Å²) in [4.78, 5) is 47.5. The van der Waals surface area contributed by atoms with Crippen LogP contribution in [0, 0.1) is 38.2 Å². The topological polar surface area (TPSA) is 274 Å². The molecule has 1 aliphatic rings. The number of carbonyl (C=O) groups is 3. The van der Waals surface area contributed by atoms with Crippen LogP contribution in [0.2, 0.25) is 5.02 Å². The van der Waals surface area contributed by atoms with E-state index in [1.54, 1.807) is 75.2 Å². The molecule has 20 nitrogen and oxygen atoms in total. The molecular weight excluding hydrogens is 1600 g/mol. The van der Waals surface area contributed by atoms with Crippen molar-refractivity contribution in [2.75, 3.05) is 24.7 Å². The highest BCUT2D eigenvalue weighted by Crippen LogP contribution is 2.40. The standard InChI is InChI=1S/C31H34FNO5S.C26H31BO6.C24H21FN2O4.C11H15ClFNOS.CH4/c1-6-36-27(34)18-22-9-7-8-20(2)29(22)38-19-21-16-23-11-14-37-30(23)25(17-21)24-10-13-33-26(28(24)32)12-15-39(35)31(3,4)5;1-7-29-22(28)15-19-10-8-9-17(2)23(19)31-16-18-13-20-11-12-30-24(20)21(14-18)27-32-25(3,4)26(5,6)33-27;1-14-3-2-4-16(11-21(28)29)23(14)31-13-15-9-17-6-8-30-24(17)19(10-15)18-5-7-27-20(12-26)22(18)25;1-11(2,3)16(15)7-5-9-10(13)8(12)4-6-14-9;/h7-11,13-14,16-17H,6,12,15,18-19H2,1-5H3;8-14H,7,15-16H2,1-6H3;2-10H,11-13,26H2,1H3,(H,28,29);4,6H,5,7H2,1-3H3;1H4/t39-;;;16-;/m1..1./s1. The van der Waals surface area contributed by atoms with Gasteiger partial charge in [-0.15, -0.1) is 0 Å². The number of carboxylic acids is 1. The van der Waals surface area contributed by atoms with Crippen LogP contribution in [0.4, 0.5) is 13.2 Å². The molecule has 12 aromatic rings. The first kappa shape index (κ1) is 93.4. The highest BCUT2D eigenvalue weighted by molar-refractivity contribution is 7.86. The van der Waals surface area contributed by atoms with Crippen molar-refractivity contribution in [1.82, 2.24) is 15.0 Å². The molecule has 6 aromatic carbocycles. The second-order valence-corrected chi connectivity index (χ2v) is 36.5. The molecule has 0 bridgehead atoms. The van der Waals surface area contributed by atoms with E-state index in [4.69, 9.17) is 63.6 Å².